The Balaban J connectivity index is 1.48. The summed E-state index contributed by atoms with van der Waals surface area (Å²) >= 11 is 6.61. The summed E-state index contributed by atoms with van der Waals surface area (Å²) in [4.78, 5) is 14.9. The SMILES string of the molecule is O=c1oc2c3c(c(Cl)cc2c2c1CCC2)OCN(C1CCCc2ccccc21)C3. The lowest BCUT2D eigenvalue weighted by Gasteiger charge is -2.38. The zero-order chi connectivity index (χ0) is 19.5. The maximum atomic E-state index is 12.6. The van der Waals surface area contributed by atoms with Crippen molar-refractivity contribution in [3.8, 4) is 5.75 Å². The molecule has 1 unspecified atom stereocenters. The molecule has 2 aliphatic carbocycles. The van der Waals surface area contributed by atoms with E-state index in [4.69, 9.17) is 20.8 Å². The number of hydrogen-bond acceptors (Lipinski definition) is 4. The fourth-order valence-corrected chi connectivity index (χ4v) is 5.71. The molecular formula is C24H22ClNO3. The first-order chi connectivity index (χ1) is 14.2. The van der Waals surface area contributed by atoms with E-state index in [9.17, 15) is 4.79 Å². The minimum Gasteiger partial charge on any atom is -0.476 e. The van der Waals surface area contributed by atoms with E-state index in [0.717, 1.165) is 54.2 Å². The van der Waals surface area contributed by atoms with Crippen LogP contribution in [-0.4, -0.2) is 11.6 Å². The van der Waals surface area contributed by atoms with Crippen molar-refractivity contribution in [3.63, 3.8) is 0 Å². The van der Waals surface area contributed by atoms with Crippen LogP contribution in [0.5, 0.6) is 5.75 Å². The van der Waals surface area contributed by atoms with Gasteiger partial charge in [0, 0.05) is 23.5 Å². The highest BCUT2D eigenvalue weighted by molar-refractivity contribution is 6.33. The van der Waals surface area contributed by atoms with Crippen molar-refractivity contribution in [2.75, 3.05) is 6.73 Å². The molecule has 4 nitrogen and oxygen atoms in total. The second-order valence-electron chi connectivity index (χ2n) is 8.37. The molecule has 0 amide bonds. The number of nitrogens with zero attached hydrogens (tertiary/aromatic N) is 1. The quantitative estimate of drug-likeness (QED) is 0.522. The maximum absolute atomic E-state index is 12.6. The van der Waals surface area contributed by atoms with Crippen LogP contribution in [0.1, 0.15) is 53.1 Å². The Kier molecular flexibility index (Phi) is 4.00. The van der Waals surface area contributed by atoms with Crippen LogP contribution >= 0.6 is 11.6 Å². The van der Waals surface area contributed by atoms with Crippen molar-refractivity contribution in [3.05, 3.63) is 73.6 Å². The van der Waals surface area contributed by atoms with Gasteiger partial charge in [-0.1, -0.05) is 35.9 Å². The molecule has 6 rings (SSSR count). The fraction of sp³-hybridized carbons (Fsp3) is 0.375. The lowest BCUT2D eigenvalue weighted by molar-refractivity contribution is 0.0482. The predicted molar refractivity (Wildman–Crippen MR) is 113 cm³/mol. The van der Waals surface area contributed by atoms with Gasteiger partial charge < -0.3 is 9.15 Å². The number of fused-ring (bicyclic) bond motifs is 6. The number of aryl methyl sites for hydroxylation is 2. The normalized spacial score (nSPS) is 20.8. The summed E-state index contributed by atoms with van der Waals surface area (Å²) in [7, 11) is 0. The fourth-order valence-electron chi connectivity index (χ4n) is 5.43. The number of ether oxygens (including phenoxy) is 1. The van der Waals surface area contributed by atoms with E-state index in [0.29, 0.717) is 35.7 Å². The maximum Gasteiger partial charge on any atom is 0.339 e. The third kappa shape index (κ3) is 2.66. The van der Waals surface area contributed by atoms with Crippen LogP contribution in [0.3, 0.4) is 0 Å². The molecule has 0 fully saturated rings. The Morgan fingerprint density at radius 2 is 1.90 bits per heavy atom. The van der Waals surface area contributed by atoms with Gasteiger partial charge in [-0.25, -0.2) is 4.79 Å². The van der Waals surface area contributed by atoms with Gasteiger partial charge in [-0.15, -0.1) is 0 Å². The van der Waals surface area contributed by atoms with Crippen LogP contribution in [-0.2, 0) is 25.8 Å². The average molecular weight is 408 g/mol. The highest BCUT2D eigenvalue weighted by atomic mass is 35.5. The summed E-state index contributed by atoms with van der Waals surface area (Å²) < 4.78 is 12.0. The lowest BCUT2D eigenvalue weighted by Crippen LogP contribution is -2.37. The summed E-state index contributed by atoms with van der Waals surface area (Å²) in [5.74, 6) is 0.667. The largest absolute Gasteiger partial charge is 0.476 e. The van der Waals surface area contributed by atoms with E-state index in [1.54, 1.807) is 0 Å². The Morgan fingerprint density at radius 3 is 2.83 bits per heavy atom. The molecule has 3 aromatic rings. The average Bonchev–Trinajstić information content (AvgIpc) is 3.25. The van der Waals surface area contributed by atoms with Crippen molar-refractivity contribution in [2.45, 2.75) is 51.1 Å². The summed E-state index contributed by atoms with van der Waals surface area (Å²) in [6.45, 7) is 1.17. The number of halogens is 1. The second kappa shape index (κ2) is 6.61. The van der Waals surface area contributed by atoms with Gasteiger partial charge in [0.2, 0.25) is 0 Å². The predicted octanol–water partition coefficient (Wildman–Crippen LogP) is 5.16. The molecule has 0 saturated carbocycles. The minimum absolute atomic E-state index is 0.199. The van der Waals surface area contributed by atoms with Crippen molar-refractivity contribution in [2.24, 2.45) is 0 Å². The molecule has 1 aromatic heterocycles. The Labute approximate surface area is 174 Å². The molecule has 0 N–H and O–H groups in total. The van der Waals surface area contributed by atoms with E-state index >= 15 is 0 Å². The summed E-state index contributed by atoms with van der Waals surface area (Å²) in [5.41, 5.74) is 6.12. The molecule has 2 heterocycles. The topological polar surface area (TPSA) is 42.7 Å². The first kappa shape index (κ1) is 17.5. The van der Waals surface area contributed by atoms with Gasteiger partial charge in [-0.2, -0.15) is 0 Å². The first-order valence-electron chi connectivity index (χ1n) is 10.5. The van der Waals surface area contributed by atoms with Crippen LogP contribution in [0.15, 0.2) is 39.5 Å². The van der Waals surface area contributed by atoms with Gasteiger partial charge in [0.25, 0.3) is 0 Å². The molecule has 0 bridgehead atoms. The van der Waals surface area contributed by atoms with Crippen LogP contribution in [0, 0.1) is 0 Å². The third-order valence-corrected chi connectivity index (χ3v) is 7.06. The van der Waals surface area contributed by atoms with Crippen molar-refractivity contribution < 1.29 is 9.15 Å². The van der Waals surface area contributed by atoms with Crippen LogP contribution < -0.4 is 10.4 Å². The van der Waals surface area contributed by atoms with E-state index in [-0.39, 0.29) is 5.63 Å². The molecule has 1 aliphatic heterocycles. The van der Waals surface area contributed by atoms with E-state index in [1.807, 2.05) is 6.07 Å². The Hall–Kier alpha value is -2.30. The monoisotopic (exact) mass is 407 g/mol. The minimum atomic E-state index is -0.199. The summed E-state index contributed by atoms with van der Waals surface area (Å²) in [6.07, 6.45) is 6.11. The van der Waals surface area contributed by atoms with Crippen molar-refractivity contribution >= 4 is 22.6 Å². The summed E-state index contributed by atoms with van der Waals surface area (Å²) in [6, 6.07) is 10.9. The van der Waals surface area contributed by atoms with E-state index in [1.165, 1.54) is 17.5 Å². The molecule has 3 aliphatic rings. The van der Waals surface area contributed by atoms with E-state index in [2.05, 4.69) is 29.2 Å². The molecule has 0 spiro atoms. The van der Waals surface area contributed by atoms with Gasteiger partial charge in [0.05, 0.1) is 10.6 Å². The molecule has 2 aromatic carbocycles. The van der Waals surface area contributed by atoms with Crippen LogP contribution in [0.2, 0.25) is 5.02 Å². The van der Waals surface area contributed by atoms with Gasteiger partial charge in [-0.05, 0) is 61.3 Å². The zero-order valence-electron chi connectivity index (χ0n) is 16.2. The van der Waals surface area contributed by atoms with Gasteiger partial charge in [-0.3, -0.25) is 4.90 Å². The summed E-state index contributed by atoms with van der Waals surface area (Å²) in [5, 5.41) is 1.59. The molecule has 29 heavy (non-hydrogen) atoms. The number of hydrogen-bond donors (Lipinski definition) is 0. The van der Waals surface area contributed by atoms with Crippen molar-refractivity contribution in [1.29, 1.82) is 0 Å². The molecule has 5 heteroatoms. The van der Waals surface area contributed by atoms with Gasteiger partial charge in [0.15, 0.2) is 0 Å². The smallest absolute Gasteiger partial charge is 0.339 e. The third-order valence-electron chi connectivity index (χ3n) is 6.78. The van der Waals surface area contributed by atoms with Gasteiger partial charge in [0.1, 0.15) is 18.1 Å². The lowest BCUT2D eigenvalue weighted by atomic mass is 9.86. The number of benzene rings is 2. The molecule has 0 radical (unpaired) electrons. The Morgan fingerprint density at radius 1 is 1.03 bits per heavy atom. The van der Waals surface area contributed by atoms with Gasteiger partial charge >= 0.3 is 5.63 Å². The second-order valence-corrected chi connectivity index (χ2v) is 8.78. The molecule has 1 atom stereocenters. The zero-order valence-corrected chi connectivity index (χ0v) is 16.9. The highest BCUT2D eigenvalue weighted by Gasteiger charge is 2.33. The first-order valence-corrected chi connectivity index (χ1v) is 10.8. The number of rotatable bonds is 1. The van der Waals surface area contributed by atoms with Crippen LogP contribution in [0.25, 0.3) is 11.0 Å². The standard InChI is InChI=1S/C24H22ClNO3/c25-20-11-18-16-8-4-9-17(16)24(27)29-22(18)19-12-26(13-28-23(19)20)21-10-3-6-14-5-1-2-7-15(14)21/h1-2,5,7,11,21H,3-4,6,8-10,12-13H2. The highest BCUT2D eigenvalue weighted by Crippen LogP contribution is 2.44. The van der Waals surface area contributed by atoms with E-state index < -0.39 is 0 Å². The van der Waals surface area contributed by atoms with Crippen LogP contribution in [0.4, 0.5) is 0 Å². The molecule has 0 saturated heterocycles. The molecule has 148 valence electrons. The van der Waals surface area contributed by atoms with Crippen molar-refractivity contribution in [1.82, 2.24) is 4.90 Å². The Bertz CT molecular complexity index is 1200. The molecular weight excluding hydrogens is 386 g/mol.